The first-order chi connectivity index (χ1) is 9.00. The number of amides is 2. The van der Waals surface area contributed by atoms with Gasteiger partial charge in [-0.1, -0.05) is 13.8 Å². The molecule has 1 N–H and O–H groups in total. The number of hydrogen-bond donors (Lipinski definition) is 1. The minimum atomic E-state index is -0.346. The smallest absolute Gasteiger partial charge is 0.246 e. The molecule has 0 saturated carbocycles. The van der Waals surface area contributed by atoms with Gasteiger partial charge in [0.1, 0.15) is 12.1 Å². The van der Waals surface area contributed by atoms with Crippen LogP contribution in [0.15, 0.2) is 0 Å². The molecular formula is C14H24N2O2S. The lowest BCUT2D eigenvalue weighted by Crippen LogP contribution is -2.64. The van der Waals surface area contributed by atoms with Crippen LogP contribution in [0.4, 0.5) is 0 Å². The van der Waals surface area contributed by atoms with Gasteiger partial charge in [-0.3, -0.25) is 9.59 Å². The molecule has 2 atom stereocenters. The Morgan fingerprint density at radius 1 is 1.32 bits per heavy atom. The lowest BCUT2D eigenvalue weighted by molar-refractivity contribution is -0.150. The van der Waals surface area contributed by atoms with E-state index < -0.39 is 0 Å². The molecule has 0 aromatic carbocycles. The Labute approximate surface area is 119 Å². The van der Waals surface area contributed by atoms with Crippen molar-refractivity contribution in [3.63, 3.8) is 0 Å². The second-order valence-electron chi connectivity index (χ2n) is 5.95. The van der Waals surface area contributed by atoms with Crippen LogP contribution in [-0.4, -0.2) is 46.8 Å². The van der Waals surface area contributed by atoms with Gasteiger partial charge in [0.2, 0.25) is 11.8 Å². The first kappa shape index (κ1) is 14.7. The largest absolute Gasteiger partial charge is 0.342 e. The number of nitrogens with one attached hydrogen (secondary N) is 1. The summed E-state index contributed by atoms with van der Waals surface area (Å²) in [5, 5.41) is 2.85. The SMILES string of the molecule is CC(C)C1NC(=O)C(C)N(CC2CCSCC2)C1=O. The van der Waals surface area contributed by atoms with Gasteiger partial charge in [-0.2, -0.15) is 11.8 Å². The topological polar surface area (TPSA) is 49.4 Å². The fraction of sp³-hybridized carbons (Fsp3) is 0.857. The first-order valence-electron chi connectivity index (χ1n) is 7.19. The molecule has 2 rings (SSSR count). The molecule has 2 fully saturated rings. The minimum absolute atomic E-state index is 0.0107. The van der Waals surface area contributed by atoms with Crippen molar-refractivity contribution in [2.75, 3.05) is 18.1 Å². The fourth-order valence-corrected chi connectivity index (χ4v) is 3.96. The average Bonchev–Trinajstić information content (AvgIpc) is 2.40. The quantitative estimate of drug-likeness (QED) is 0.854. The molecule has 2 amide bonds. The second kappa shape index (κ2) is 6.16. The van der Waals surface area contributed by atoms with Gasteiger partial charge >= 0.3 is 0 Å². The standard InChI is InChI=1S/C14H24N2O2S/c1-9(2)12-14(18)16(10(3)13(17)15-12)8-11-4-6-19-7-5-11/h9-12H,4-8H2,1-3H3,(H,15,17). The molecule has 2 aliphatic rings. The van der Waals surface area contributed by atoms with Crippen molar-refractivity contribution in [1.29, 1.82) is 0 Å². The number of carbonyl (C=O) groups is 2. The molecule has 0 bridgehead atoms. The predicted molar refractivity (Wildman–Crippen MR) is 78.0 cm³/mol. The van der Waals surface area contributed by atoms with E-state index in [9.17, 15) is 9.59 Å². The van der Waals surface area contributed by atoms with Crippen molar-refractivity contribution >= 4 is 23.6 Å². The molecule has 108 valence electrons. The van der Waals surface area contributed by atoms with E-state index in [4.69, 9.17) is 0 Å². The molecule has 19 heavy (non-hydrogen) atoms. The highest BCUT2D eigenvalue weighted by molar-refractivity contribution is 7.99. The highest BCUT2D eigenvalue weighted by Crippen LogP contribution is 2.25. The summed E-state index contributed by atoms with van der Waals surface area (Å²) in [5.41, 5.74) is 0. The minimum Gasteiger partial charge on any atom is -0.342 e. The summed E-state index contributed by atoms with van der Waals surface area (Å²) >= 11 is 1.99. The molecular weight excluding hydrogens is 260 g/mol. The Morgan fingerprint density at radius 3 is 2.53 bits per heavy atom. The lowest BCUT2D eigenvalue weighted by atomic mass is 9.95. The van der Waals surface area contributed by atoms with Gasteiger partial charge in [0.15, 0.2) is 0 Å². The molecule has 2 aliphatic heterocycles. The number of thioether (sulfide) groups is 1. The van der Waals surface area contributed by atoms with Gasteiger partial charge in [0, 0.05) is 6.54 Å². The zero-order valence-corrected chi connectivity index (χ0v) is 12.8. The summed E-state index contributed by atoms with van der Waals surface area (Å²) in [6, 6.07) is -0.668. The lowest BCUT2D eigenvalue weighted by Gasteiger charge is -2.41. The predicted octanol–water partition coefficient (Wildman–Crippen LogP) is 1.50. The zero-order chi connectivity index (χ0) is 14.0. The van der Waals surface area contributed by atoms with Gasteiger partial charge < -0.3 is 10.2 Å². The van der Waals surface area contributed by atoms with E-state index in [1.54, 1.807) is 0 Å². The molecule has 0 aliphatic carbocycles. The maximum absolute atomic E-state index is 12.5. The molecule has 4 nitrogen and oxygen atoms in total. The van der Waals surface area contributed by atoms with Crippen molar-refractivity contribution in [3.05, 3.63) is 0 Å². The molecule has 0 radical (unpaired) electrons. The van der Waals surface area contributed by atoms with Crippen molar-refractivity contribution in [3.8, 4) is 0 Å². The van der Waals surface area contributed by atoms with E-state index in [1.165, 1.54) is 11.5 Å². The third-order valence-electron chi connectivity index (χ3n) is 4.16. The van der Waals surface area contributed by atoms with E-state index in [0.717, 1.165) is 19.4 Å². The van der Waals surface area contributed by atoms with Crippen LogP contribution in [0.5, 0.6) is 0 Å². The molecule has 2 unspecified atom stereocenters. The Kier molecular flexibility index (Phi) is 4.76. The number of hydrogen-bond acceptors (Lipinski definition) is 3. The fourth-order valence-electron chi connectivity index (χ4n) is 2.75. The Morgan fingerprint density at radius 2 is 1.95 bits per heavy atom. The van der Waals surface area contributed by atoms with Crippen molar-refractivity contribution in [1.82, 2.24) is 10.2 Å². The number of rotatable bonds is 3. The van der Waals surface area contributed by atoms with Crippen LogP contribution in [0, 0.1) is 11.8 Å². The van der Waals surface area contributed by atoms with Gasteiger partial charge in [0.05, 0.1) is 0 Å². The molecule has 0 aromatic rings. The summed E-state index contributed by atoms with van der Waals surface area (Å²) < 4.78 is 0. The van der Waals surface area contributed by atoms with Crippen LogP contribution >= 0.6 is 11.8 Å². The van der Waals surface area contributed by atoms with E-state index in [1.807, 2.05) is 37.4 Å². The van der Waals surface area contributed by atoms with Gasteiger partial charge in [0.25, 0.3) is 0 Å². The van der Waals surface area contributed by atoms with Gasteiger partial charge in [-0.15, -0.1) is 0 Å². The second-order valence-corrected chi connectivity index (χ2v) is 7.18. The van der Waals surface area contributed by atoms with E-state index in [2.05, 4.69) is 5.32 Å². The Balaban J connectivity index is 2.06. The summed E-state index contributed by atoms with van der Waals surface area (Å²) in [5.74, 6) is 3.16. The van der Waals surface area contributed by atoms with Gasteiger partial charge in [-0.05, 0) is 43.1 Å². The molecule has 2 saturated heterocycles. The number of carbonyl (C=O) groups excluding carboxylic acids is 2. The highest BCUT2D eigenvalue weighted by atomic mass is 32.2. The molecule has 0 spiro atoms. The van der Waals surface area contributed by atoms with Crippen molar-refractivity contribution < 1.29 is 9.59 Å². The third-order valence-corrected chi connectivity index (χ3v) is 5.21. The van der Waals surface area contributed by atoms with Crippen molar-refractivity contribution in [2.24, 2.45) is 11.8 Å². The van der Waals surface area contributed by atoms with Crippen molar-refractivity contribution in [2.45, 2.75) is 45.7 Å². The molecule has 5 heteroatoms. The monoisotopic (exact) mass is 284 g/mol. The summed E-state index contributed by atoms with van der Waals surface area (Å²) in [6.45, 7) is 6.54. The van der Waals surface area contributed by atoms with Crippen LogP contribution in [0.2, 0.25) is 0 Å². The van der Waals surface area contributed by atoms with Crippen LogP contribution < -0.4 is 5.32 Å². The van der Waals surface area contributed by atoms with E-state index in [-0.39, 0.29) is 29.8 Å². The van der Waals surface area contributed by atoms with Crippen LogP contribution in [0.3, 0.4) is 0 Å². The van der Waals surface area contributed by atoms with E-state index >= 15 is 0 Å². The maximum Gasteiger partial charge on any atom is 0.246 e. The molecule has 0 aromatic heterocycles. The number of nitrogens with zero attached hydrogens (tertiary/aromatic N) is 1. The normalized spacial score (nSPS) is 29.8. The maximum atomic E-state index is 12.5. The van der Waals surface area contributed by atoms with Crippen LogP contribution in [0.1, 0.15) is 33.6 Å². The average molecular weight is 284 g/mol. The van der Waals surface area contributed by atoms with E-state index in [0.29, 0.717) is 5.92 Å². The van der Waals surface area contributed by atoms with Crippen LogP contribution in [0.25, 0.3) is 0 Å². The Bertz CT molecular complexity index is 353. The first-order valence-corrected chi connectivity index (χ1v) is 8.34. The zero-order valence-electron chi connectivity index (χ0n) is 12.0. The van der Waals surface area contributed by atoms with Crippen LogP contribution in [-0.2, 0) is 9.59 Å². The molecule has 2 heterocycles. The Hall–Kier alpha value is -0.710. The summed E-state index contributed by atoms with van der Waals surface area (Å²) in [4.78, 5) is 26.3. The summed E-state index contributed by atoms with van der Waals surface area (Å²) in [6.07, 6.45) is 2.32. The third kappa shape index (κ3) is 3.25. The number of piperazine rings is 1. The summed E-state index contributed by atoms with van der Waals surface area (Å²) in [7, 11) is 0. The highest BCUT2D eigenvalue weighted by Gasteiger charge is 2.40. The van der Waals surface area contributed by atoms with Gasteiger partial charge in [-0.25, -0.2) is 0 Å².